The van der Waals surface area contributed by atoms with Crippen LogP contribution in [0.2, 0.25) is 0 Å². The first kappa shape index (κ1) is 17.4. The number of hydrogen-bond acceptors (Lipinski definition) is 6. The average molecular weight is 344 g/mol. The molecule has 0 bridgehead atoms. The number of aromatic nitrogens is 2. The van der Waals surface area contributed by atoms with Gasteiger partial charge in [0.05, 0.1) is 6.54 Å². The Morgan fingerprint density at radius 1 is 1.32 bits per heavy atom. The molecule has 1 aromatic heterocycles. The molecule has 1 aliphatic rings. The summed E-state index contributed by atoms with van der Waals surface area (Å²) in [7, 11) is 0. The maximum atomic E-state index is 12.5. The Morgan fingerprint density at radius 3 is 2.64 bits per heavy atom. The molecule has 1 aromatic carbocycles. The molecule has 0 saturated carbocycles. The van der Waals surface area contributed by atoms with Crippen molar-refractivity contribution in [3.8, 4) is 0 Å². The van der Waals surface area contributed by atoms with Gasteiger partial charge in [-0.3, -0.25) is 4.79 Å². The maximum Gasteiger partial charge on any atom is 0.253 e. The van der Waals surface area contributed by atoms with Gasteiger partial charge in [-0.05, 0) is 43.0 Å². The quantitative estimate of drug-likeness (QED) is 0.834. The Kier molecular flexibility index (Phi) is 5.65. The van der Waals surface area contributed by atoms with Crippen LogP contribution in [0, 0.1) is 5.92 Å². The highest BCUT2D eigenvalue weighted by Crippen LogP contribution is 2.19. The fourth-order valence-electron chi connectivity index (χ4n) is 2.92. The van der Waals surface area contributed by atoms with Gasteiger partial charge < -0.3 is 19.8 Å². The second-order valence-corrected chi connectivity index (χ2v) is 6.31. The predicted octanol–water partition coefficient (Wildman–Crippen LogP) is 2.09. The molecule has 1 amide bonds. The Labute approximate surface area is 147 Å². The van der Waals surface area contributed by atoms with Gasteiger partial charge in [-0.1, -0.05) is 12.1 Å². The van der Waals surface area contributed by atoms with Crippen molar-refractivity contribution in [2.24, 2.45) is 5.92 Å². The van der Waals surface area contributed by atoms with Crippen molar-refractivity contribution < 1.29 is 14.4 Å². The Hall–Kier alpha value is -2.41. The molecule has 3 rings (SSSR count). The summed E-state index contributed by atoms with van der Waals surface area (Å²) < 4.78 is 5.13. The van der Waals surface area contributed by atoms with E-state index >= 15 is 0 Å². The number of carbonyl (C=O) groups excluding carboxylic acids is 1. The van der Waals surface area contributed by atoms with E-state index in [1.54, 1.807) is 0 Å². The van der Waals surface area contributed by atoms with Crippen molar-refractivity contribution in [1.29, 1.82) is 0 Å². The number of aliphatic hydroxyl groups excluding tert-OH is 1. The molecule has 2 heterocycles. The summed E-state index contributed by atoms with van der Waals surface area (Å²) in [6, 6.07) is 7.41. The molecule has 0 radical (unpaired) electrons. The van der Waals surface area contributed by atoms with Crippen LogP contribution < -0.4 is 5.32 Å². The van der Waals surface area contributed by atoms with Crippen LogP contribution in [0.1, 0.15) is 41.8 Å². The zero-order valence-corrected chi connectivity index (χ0v) is 14.4. The van der Waals surface area contributed by atoms with Crippen LogP contribution in [0.15, 0.2) is 28.8 Å². The van der Waals surface area contributed by atoms with E-state index in [1.807, 2.05) is 36.1 Å². The monoisotopic (exact) mass is 344 g/mol. The number of hydrogen-bond donors (Lipinski definition) is 2. The van der Waals surface area contributed by atoms with Gasteiger partial charge in [-0.15, -0.1) is 0 Å². The number of aliphatic hydroxyl groups is 1. The van der Waals surface area contributed by atoms with E-state index in [0.29, 0.717) is 42.8 Å². The number of aryl methyl sites for hydroxylation is 1. The van der Waals surface area contributed by atoms with E-state index < -0.39 is 0 Å². The van der Waals surface area contributed by atoms with E-state index in [9.17, 15) is 9.90 Å². The molecule has 2 aromatic rings. The molecule has 7 heteroatoms. The Bertz CT molecular complexity index is 691. The lowest BCUT2D eigenvalue weighted by Crippen LogP contribution is -2.39. The molecule has 0 aliphatic carbocycles. The van der Waals surface area contributed by atoms with Crippen LogP contribution in [0.3, 0.4) is 0 Å². The standard InChI is InChI=1S/C18H24N4O3/c1-2-16-20-17(25-21-16)11-19-15-5-3-14(4-6-15)18(24)22-9-7-13(12-23)8-10-22/h3-6,13,19,23H,2,7-12H2,1H3. The van der Waals surface area contributed by atoms with Gasteiger partial charge in [0, 0.05) is 37.4 Å². The lowest BCUT2D eigenvalue weighted by atomic mass is 9.97. The highest BCUT2D eigenvalue weighted by atomic mass is 16.5. The van der Waals surface area contributed by atoms with Gasteiger partial charge in [0.25, 0.3) is 5.91 Å². The molecular formula is C18H24N4O3. The van der Waals surface area contributed by atoms with Crippen LogP contribution in [0.25, 0.3) is 0 Å². The minimum Gasteiger partial charge on any atom is -0.396 e. The van der Waals surface area contributed by atoms with Crippen molar-refractivity contribution in [2.75, 3.05) is 25.0 Å². The van der Waals surface area contributed by atoms with Crippen molar-refractivity contribution in [3.05, 3.63) is 41.5 Å². The Morgan fingerprint density at radius 2 is 2.04 bits per heavy atom. The summed E-state index contributed by atoms with van der Waals surface area (Å²) in [5.74, 6) is 1.62. The van der Waals surface area contributed by atoms with E-state index in [4.69, 9.17) is 4.52 Å². The second kappa shape index (κ2) is 8.11. The smallest absolute Gasteiger partial charge is 0.253 e. The lowest BCUT2D eigenvalue weighted by molar-refractivity contribution is 0.0651. The van der Waals surface area contributed by atoms with Crippen molar-refractivity contribution in [1.82, 2.24) is 15.0 Å². The molecule has 0 spiro atoms. The van der Waals surface area contributed by atoms with Gasteiger partial charge in [0.1, 0.15) is 0 Å². The van der Waals surface area contributed by atoms with Gasteiger partial charge in [0.2, 0.25) is 5.89 Å². The topological polar surface area (TPSA) is 91.5 Å². The van der Waals surface area contributed by atoms with E-state index in [0.717, 1.165) is 24.9 Å². The fraction of sp³-hybridized carbons (Fsp3) is 0.500. The molecule has 7 nitrogen and oxygen atoms in total. The number of piperidine rings is 1. The van der Waals surface area contributed by atoms with Crippen LogP contribution in [-0.2, 0) is 13.0 Å². The highest BCUT2D eigenvalue weighted by molar-refractivity contribution is 5.94. The predicted molar refractivity (Wildman–Crippen MR) is 93.2 cm³/mol. The number of likely N-dealkylation sites (tertiary alicyclic amines) is 1. The fourth-order valence-corrected chi connectivity index (χ4v) is 2.92. The molecule has 25 heavy (non-hydrogen) atoms. The SMILES string of the molecule is CCc1noc(CNc2ccc(C(=O)N3CCC(CO)CC3)cc2)n1. The number of anilines is 1. The van der Waals surface area contributed by atoms with E-state index in [1.165, 1.54) is 0 Å². The first-order valence-electron chi connectivity index (χ1n) is 8.75. The summed E-state index contributed by atoms with van der Waals surface area (Å²) in [6.07, 6.45) is 2.48. The van der Waals surface area contributed by atoms with E-state index in [-0.39, 0.29) is 12.5 Å². The molecule has 0 atom stereocenters. The first-order chi connectivity index (χ1) is 12.2. The summed E-state index contributed by atoms with van der Waals surface area (Å²) in [6.45, 7) is 4.06. The molecule has 1 aliphatic heterocycles. The highest BCUT2D eigenvalue weighted by Gasteiger charge is 2.23. The van der Waals surface area contributed by atoms with Crippen molar-refractivity contribution in [3.63, 3.8) is 0 Å². The zero-order chi connectivity index (χ0) is 17.6. The first-order valence-corrected chi connectivity index (χ1v) is 8.75. The largest absolute Gasteiger partial charge is 0.396 e. The van der Waals surface area contributed by atoms with Crippen molar-refractivity contribution in [2.45, 2.75) is 32.7 Å². The van der Waals surface area contributed by atoms with Crippen LogP contribution in [0.5, 0.6) is 0 Å². The minimum atomic E-state index is 0.0485. The van der Waals surface area contributed by atoms with Crippen LogP contribution >= 0.6 is 0 Å². The summed E-state index contributed by atoms with van der Waals surface area (Å²) in [5, 5.41) is 16.3. The summed E-state index contributed by atoms with van der Waals surface area (Å²) in [5.41, 5.74) is 1.57. The molecule has 1 fully saturated rings. The summed E-state index contributed by atoms with van der Waals surface area (Å²) in [4.78, 5) is 18.6. The van der Waals surface area contributed by atoms with Gasteiger partial charge in [0.15, 0.2) is 5.82 Å². The number of nitrogens with zero attached hydrogens (tertiary/aromatic N) is 3. The van der Waals surface area contributed by atoms with Crippen molar-refractivity contribution >= 4 is 11.6 Å². The third-order valence-corrected chi connectivity index (χ3v) is 4.56. The number of rotatable bonds is 6. The number of benzene rings is 1. The zero-order valence-electron chi connectivity index (χ0n) is 14.4. The Balaban J connectivity index is 1.53. The second-order valence-electron chi connectivity index (χ2n) is 6.31. The summed E-state index contributed by atoms with van der Waals surface area (Å²) >= 11 is 0. The molecule has 2 N–H and O–H groups in total. The number of carbonyl (C=O) groups is 1. The molecule has 1 saturated heterocycles. The van der Waals surface area contributed by atoms with Crippen LogP contribution in [-0.4, -0.2) is 45.8 Å². The average Bonchev–Trinajstić information content (AvgIpc) is 3.14. The number of amides is 1. The van der Waals surface area contributed by atoms with E-state index in [2.05, 4.69) is 15.5 Å². The van der Waals surface area contributed by atoms with Crippen LogP contribution in [0.4, 0.5) is 5.69 Å². The van der Waals surface area contributed by atoms with Gasteiger partial charge in [-0.25, -0.2) is 0 Å². The minimum absolute atomic E-state index is 0.0485. The third-order valence-electron chi connectivity index (χ3n) is 4.56. The lowest BCUT2D eigenvalue weighted by Gasteiger charge is -2.31. The molecular weight excluding hydrogens is 320 g/mol. The normalized spacial score (nSPS) is 15.4. The molecule has 134 valence electrons. The maximum absolute atomic E-state index is 12.5. The third kappa shape index (κ3) is 4.36. The van der Waals surface area contributed by atoms with Gasteiger partial charge in [-0.2, -0.15) is 4.98 Å². The van der Waals surface area contributed by atoms with Gasteiger partial charge >= 0.3 is 0 Å². The molecule has 0 unspecified atom stereocenters. The number of nitrogens with one attached hydrogen (secondary N) is 1.